The molecule has 0 aliphatic carbocycles. The van der Waals surface area contributed by atoms with Crippen LogP contribution in [-0.4, -0.2) is 18.2 Å². The van der Waals surface area contributed by atoms with Crippen molar-refractivity contribution in [3.05, 3.63) is 27.2 Å². The summed E-state index contributed by atoms with van der Waals surface area (Å²) in [4.78, 5) is 0. The van der Waals surface area contributed by atoms with E-state index in [2.05, 4.69) is 19.2 Å². The molecule has 0 radical (unpaired) electrons. The maximum Gasteiger partial charge on any atom is 0.0755 e. The maximum absolute atomic E-state index is 6.10. The summed E-state index contributed by atoms with van der Waals surface area (Å²) in [5, 5.41) is 4.84. The molecule has 100 valence electrons. The van der Waals surface area contributed by atoms with Gasteiger partial charge in [-0.25, -0.2) is 0 Å². The lowest BCUT2D eigenvalue weighted by molar-refractivity contribution is -0.00910. The summed E-state index contributed by atoms with van der Waals surface area (Å²) in [5.74, 6) is 0. The molecule has 0 saturated carbocycles. The molecule has 1 atom stereocenters. The molecule has 0 bridgehead atoms. The largest absolute Gasteiger partial charge is 0.380 e. The highest BCUT2D eigenvalue weighted by Gasteiger charge is 2.31. The number of benzene rings is 1. The monoisotopic (exact) mass is 307 g/mol. The van der Waals surface area contributed by atoms with Crippen LogP contribution >= 0.6 is 34.8 Å². The van der Waals surface area contributed by atoms with Crippen LogP contribution in [0.5, 0.6) is 0 Å². The summed E-state index contributed by atoms with van der Waals surface area (Å²) >= 11 is 18.1. The third kappa shape index (κ3) is 3.45. The van der Waals surface area contributed by atoms with Crippen molar-refractivity contribution in [2.24, 2.45) is 0 Å². The Morgan fingerprint density at radius 2 is 1.89 bits per heavy atom. The van der Waals surface area contributed by atoms with Gasteiger partial charge in [-0.05, 0) is 38.8 Å². The van der Waals surface area contributed by atoms with Gasteiger partial charge < -0.3 is 10.1 Å². The highest BCUT2D eigenvalue weighted by atomic mass is 35.5. The van der Waals surface area contributed by atoms with Crippen LogP contribution in [0.1, 0.15) is 26.7 Å². The number of rotatable bonds is 3. The molecule has 0 amide bonds. The third-order valence-corrected chi connectivity index (χ3v) is 3.88. The van der Waals surface area contributed by atoms with Crippen LogP contribution in [0.4, 0.5) is 5.69 Å². The molecule has 1 aromatic rings. The minimum Gasteiger partial charge on any atom is -0.380 e. The van der Waals surface area contributed by atoms with Crippen molar-refractivity contribution in [3.63, 3.8) is 0 Å². The SMILES string of the molecule is CC1(C)CCC(CNc2c(Cl)cc(Cl)cc2Cl)O1. The van der Waals surface area contributed by atoms with Crippen molar-refractivity contribution >= 4 is 40.5 Å². The normalized spacial score (nSPS) is 22.2. The zero-order valence-electron chi connectivity index (χ0n) is 10.4. The van der Waals surface area contributed by atoms with Crippen molar-refractivity contribution in [1.82, 2.24) is 0 Å². The van der Waals surface area contributed by atoms with E-state index in [4.69, 9.17) is 39.5 Å². The highest BCUT2D eigenvalue weighted by Crippen LogP contribution is 2.35. The Hall–Kier alpha value is -0.150. The van der Waals surface area contributed by atoms with Crippen molar-refractivity contribution in [2.75, 3.05) is 11.9 Å². The molecule has 1 aliphatic rings. The van der Waals surface area contributed by atoms with Crippen LogP contribution in [0.15, 0.2) is 12.1 Å². The van der Waals surface area contributed by atoms with Gasteiger partial charge in [0.2, 0.25) is 0 Å². The third-order valence-electron chi connectivity index (χ3n) is 3.07. The van der Waals surface area contributed by atoms with E-state index in [1.165, 1.54) is 0 Å². The molecule has 0 aromatic heterocycles. The quantitative estimate of drug-likeness (QED) is 0.847. The molecule has 0 spiro atoms. The second-order valence-corrected chi connectivity index (χ2v) is 6.41. The molecule has 1 saturated heterocycles. The first-order valence-corrected chi connectivity index (χ1v) is 7.07. The average Bonchev–Trinajstić information content (AvgIpc) is 2.56. The first-order valence-electron chi connectivity index (χ1n) is 5.94. The number of halogens is 3. The molecule has 1 unspecified atom stereocenters. The molecule has 1 heterocycles. The van der Waals surface area contributed by atoms with Gasteiger partial charge in [-0.15, -0.1) is 0 Å². The molecule has 1 aromatic carbocycles. The van der Waals surface area contributed by atoms with Crippen molar-refractivity contribution < 1.29 is 4.74 Å². The fourth-order valence-corrected chi connectivity index (χ4v) is 3.10. The predicted molar refractivity (Wildman–Crippen MR) is 78.1 cm³/mol. The van der Waals surface area contributed by atoms with Crippen LogP contribution in [0.3, 0.4) is 0 Å². The Kier molecular flexibility index (Phi) is 4.32. The maximum atomic E-state index is 6.10. The van der Waals surface area contributed by atoms with E-state index in [0.717, 1.165) is 18.5 Å². The number of ether oxygens (including phenoxy) is 1. The van der Waals surface area contributed by atoms with Crippen LogP contribution in [-0.2, 0) is 4.74 Å². The molecule has 5 heteroatoms. The summed E-state index contributed by atoms with van der Waals surface area (Å²) in [6, 6.07) is 3.35. The lowest BCUT2D eigenvalue weighted by Crippen LogP contribution is -2.25. The zero-order valence-corrected chi connectivity index (χ0v) is 12.7. The van der Waals surface area contributed by atoms with E-state index in [1.54, 1.807) is 12.1 Å². The number of anilines is 1. The number of hydrogen-bond donors (Lipinski definition) is 1. The standard InChI is InChI=1S/C13H16Cl3NO/c1-13(2)4-3-9(18-13)7-17-12-10(15)5-8(14)6-11(12)16/h5-6,9,17H,3-4,7H2,1-2H3. The lowest BCUT2D eigenvalue weighted by atomic mass is 10.1. The first-order chi connectivity index (χ1) is 8.37. The highest BCUT2D eigenvalue weighted by molar-refractivity contribution is 6.41. The summed E-state index contributed by atoms with van der Waals surface area (Å²) in [6.45, 7) is 4.91. The molecule has 1 fully saturated rings. The second kappa shape index (κ2) is 5.46. The Bertz CT molecular complexity index is 425. The smallest absolute Gasteiger partial charge is 0.0755 e. The Labute approximate surface area is 123 Å². The first kappa shape index (κ1) is 14.3. The van der Waals surface area contributed by atoms with Crippen molar-refractivity contribution in [3.8, 4) is 0 Å². The predicted octanol–water partition coefficient (Wildman–Crippen LogP) is 5.02. The summed E-state index contributed by atoms with van der Waals surface area (Å²) in [7, 11) is 0. The number of nitrogens with one attached hydrogen (secondary N) is 1. The van der Waals surface area contributed by atoms with Gasteiger partial charge in [-0.1, -0.05) is 34.8 Å². The van der Waals surface area contributed by atoms with Gasteiger partial charge >= 0.3 is 0 Å². The van der Waals surface area contributed by atoms with E-state index in [0.29, 0.717) is 21.6 Å². The summed E-state index contributed by atoms with van der Waals surface area (Å²) in [6.07, 6.45) is 2.31. The molecular weight excluding hydrogens is 293 g/mol. The Balaban J connectivity index is 1.99. The summed E-state index contributed by atoms with van der Waals surface area (Å²) in [5.41, 5.74) is 0.691. The molecule has 1 aliphatic heterocycles. The minimum atomic E-state index is -0.0278. The van der Waals surface area contributed by atoms with Crippen LogP contribution in [0, 0.1) is 0 Å². The van der Waals surface area contributed by atoms with Crippen molar-refractivity contribution in [2.45, 2.75) is 38.4 Å². The van der Waals surface area contributed by atoms with Gasteiger partial charge in [0.1, 0.15) is 0 Å². The van der Waals surface area contributed by atoms with E-state index >= 15 is 0 Å². The summed E-state index contributed by atoms with van der Waals surface area (Å²) < 4.78 is 5.90. The van der Waals surface area contributed by atoms with Gasteiger partial charge in [0.25, 0.3) is 0 Å². The van der Waals surface area contributed by atoms with Gasteiger partial charge in [0.15, 0.2) is 0 Å². The van der Waals surface area contributed by atoms with Crippen molar-refractivity contribution in [1.29, 1.82) is 0 Å². The number of hydrogen-bond acceptors (Lipinski definition) is 2. The van der Waals surface area contributed by atoms with E-state index in [-0.39, 0.29) is 11.7 Å². The average molecular weight is 309 g/mol. The van der Waals surface area contributed by atoms with Gasteiger partial charge in [-0.3, -0.25) is 0 Å². The molecule has 18 heavy (non-hydrogen) atoms. The lowest BCUT2D eigenvalue weighted by Gasteiger charge is -2.20. The fraction of sp³-hybridized carbons (Fsp3) is 0.538. The molecule has 1 N–H and O–H groups in total. The Morgan fingerprint density at radius 1 is 1.28 bits per heavy atom. The molecular formula is C13H16Cl3NO. The van der Waals surface area contributed by atoms with E-state index in [1.807, 2.05) is 0 Å². The van der Waals surface area contributed by atoms with Crippen LogP contribution in [0.2, 0.25) is 15.1 Å². The second-order valence-electron chi connectivity index (χ2n) is 5.16. The van der Waals surface area contributed by atoms with Gasteiger partial charge in [0, 0.05) is 11.6 Å². The van der Waals surface area contributed by atoms with Gasteiger partial charge in [-0.2, -0.15) is 0 Å². The molecule has 2 rings (SSSR count). The van der Waals surface area contributed by atoms with E-state index < -0.39 is 0 Å². The fourth-order valence-electron chi connectivity index (χ4n) is 2.15. The zero-order chi connectivity index (χ0) is 13.3. The van der Waals surface area contributed by atoms with Gasteiger partial charge in [0.05, 0.1) is 27.4 Å². The van der Waals surface area contributed by atoms with Crippen LogP contribution in [0.25, 0.3) is 0 Å². The van der Waals surface area contributed by atoms with Crippen LogP contribution < -0.4 is 5.32 Å². The Morgan fingerprint density at radius 3 is 2.39 bits per heavy atom. The molecule has 2 nitrogen and oxygen atoms in total. The topological polar surface area (TPSA) is 21.3 Å². The van der Waals surface area contributed by atoms with E-state index in [9.17, 15) is 0 Å². The minimum absolute atomic E-state index is 0.0278.